The van der Waals surface area contributed by atoms with Crippen LogP contribution < -0.4 is 5.32 Å². The Kier molecular flexibility index (Phi) is 9.08. The van der Waals surface area contributed by atoms with Crippen molar-refractivity contribution in [2.24, 2.45) is 5.92 Å². The summed E-state index contributed by atoms with van der Waals surface area (Å²) in [5.74, 6) is -1.50. The maximum atomic E-state index is 12.6. The van der Waals surface area contributed by atoms with Crippen LogP contribution in [0.3, 0.4) is 0 Å². The number of nitrogens with zero attached hydrogens (tertiary/aromatic N) is 3. The molecule has 0 saturated heterocycles. The van der Waals surface area contributed by atoms with Gasteiger partial charge in [-0.25, -0.2) is 0 Å². The minimum atomic E-state index is -0.698. The second-order valence-corrected chi connectivity index (χ2v) is 7.17. The number of methoxy groups -OCH3 is 1. The van der Waals surface area contributed by atoms with E-state index in [2.05, 4.69) is 20.0 Å². The first-order chi connectivity index (χ1) is 14.4. The first-order valence-corrected chi connectivity index (χ1v) is 9.81. The van der Waals surface area contributed by atoms with Gasteiger partial charge in [0.05, 0.1) is 37.0 Å². The van der Waals surface area contributed by atoms with Crippen molar-refractivity contribution >= 4 is 17.7 Å². The summed E-state index contributed by atoms with van der Waals surface area (Å²) in [6, 6.07) is 10.5. The molecule has 0 aliphatic heterocycles. The molecule has 160 valence electrons. The molecule has 0 aromatic carbocycles. The Morgan fingerprint density at radius 1 is 1.00 bits per heavy atom. The number of ketones is 1. The van der Waals surface area contributed by atoms with Gasteiger partial charge in [-0.1, -0.05) is 19.1 Å². The highest BCUT2D eigenvalue weighted by atomic mass is 16.5. The van der Waals surface area contributed by atoms with Crippen LogP contribution in [-0.2, 0) is 32.2 Å². The molecule has 2 aromatic rings. The normalized spacial score (nSPS) is 12.8. The average molecular weight is 412 g/mol. The fourth-order valence-electron chi connectivity index (χ4n) is 2.94. The van der Waals surface area contributed by atoms with E-state index in [9.17, 15) is 14.4 Å². The fourth-order valence-corrected chi connectivity index (χ4v) is 2.94. The number of ether oxygens (including phenoxy) is 1. The maximum absolute atomic E-state index is 12.6. The summed E-state index contributed by atoms with van der Waals surface area (Å²) in [5.41, 5.74) is 1.66. The van der Waals surface area contributed by atoms with Crippen molar-refractivity contribution in [2.75, 3.05) is 13.7 Å². The predicted molar refractivity (Wildman–Crippen MR) is 111 cm³/mol. The standard InChI is InChI=1S/C22H28N4O4/c1-16(22(29)30-3)12-20(27)17(2)25-21(28)15-26(13-18-8-4-6-10-23-18)14-19-9-5-7-11-24-19/h4-11,16-17H,12-15H2,1-3H3,(H,25,28)/t16-,17+/m0/s1. The number of esters is 1. The summed E-state index contributed by atoms with van der Waals surface area (Å²) >= 11 is 0. The maximum Gasteiger partial charge on any atom is 0.308 e. The molecule has 0 spiro atoms. The number of hydrogen-bond donors (Lipinski definition) is 1. The van der Waals surface area contributed by atoms with E-state index in [0.717, 1.165) is 11.4 Å². The molecular formula is C22H28N4O4. The van der Waals surface area contributed by atoms with Crippen LogP contribution in [0.15, 0.2) is 48.8 Å². The smallest absolute Gasteiger partial charge is 0.308 e. The molecule has 8 heteroatoms. The second-order valence-electron chi connectivity index (χ2n) is 7.17. The van der Waals surface area contributed by atoms with E-state index in [1.165, 1.54) is 7.11 Å². The quantitative estimate of drug-likeness (QED) is 0.561. The zero-order valence-corrected chi connectivity index (χ0v) is 17.6. The van der Waals surface area contributed by atoms with Crippen LogP contribution in [0.2, 0.25) is 0 Å². The van der Waals surface area contributed by atoms with Crippen LogP contribution in [0.25, 0.3) is 0 Å². The third-order valence-corrected chi connectivity index (χ3v) is 4.56. The van der Waals surface area contributed by atoms with Crippen molar-refractivity contribution in [3.05, 3.63) is 60.2 Å². The van der Waals surface area contributed by atoms with Gasteiger partial charge in [0, 0.05) is 31.9 Å². The van der Waals surface area contributed by atoms with Gasteiger partial charge in [-0.05, 0) is 31.2 Å². The SMILES string of the molecule is COC(=O)[C@@H](C)CC(=O)[C@@H](C)NC(=O)CN(Cc1ccccn1)Cc1ccccn1. The number of rotatable bonds is 11. The van der Waals surface area contributed by atoms with Crippen LogP contribution in [0.4, 0.5) is 0 Å². The Hall–Kier alpha value is -3.13. The minimum Gasteiger partial charge on any atom is -0.469 e. The van der Waals surface area contributed by atoms with Gasteiger partial charge in [0.1, 0.15) is 0 Å². The van der Waals surface area contributed by atoms with E-state index in [0.29, 0.717) is 13.1 Å². The number of aromatic nitrogens is 2. The Bertz CT molecular complexity index is 788. The molecule has 8 nitrogen and oxygen atoms in total. The van der Waals surface area contributed by atoms with Gasteiger partial charge in [0.2, 0.25) is 5.91 Å². The van der Waals surface area contributed by atoms with Gasteiger partial charge in [-0.15, -0.1) is 0 Å². The molecule has 2 heterocycles. The lowest BCUT2D eigenvalue weighted by Crippen LogP contribution is -2.44. The largest absolute Gasteiger partial charge is 0.469 e. The van der Waals surface area contributed by atoms with Crippen LogP contribution in [-0.4, -0.2) is 52.2 Å². The van der Waals surface area contributed by atoms with Crippen LogP contribution in [0, 0.1) is 5.92 Å². The number of nitrogens with one attached hydrogen (secondary N) is 1. The molecule has 0 bridgehead atoms. The van der Waals surface area contributed by atoms with E-state index in [1.54, 1.807) is 26.2 Å². The first kappa shape index (κ1) is 23.2. The zero-order valence-electron chi connectivity index (χ0n) is 17.6. The highest BCUT2D eigenvalue weighted by Gasteiger charge is 2.23. The topological polar surface area (TPSA) is 101 Å². The first-order valence-electron chi connectivity index (χ1n) is 9.81. The van der Waals surface area contributed by atoms with Crippen LogP contribution in [0.5, 0.6) is 0 Å². The highest BCUT2D eigenvalue weighted by Crippen LogP contribution is 2.09. The molecule has 2 rings (SSSR count). The molecule has 30 heavy (non-hydrogen) atoms. The summed E-state index contributed by atoms with van der Waals surface area (Å²) in [6.07, 6.45) is 3.43. The molecule has 1 amide bonds. The van der Waals surface area contributed by atoms with Crippen molar-refractivity contribution in [2.45, 2.75) is 39.4 Å². The lowest BCUT2D eigenvalue weighted by atomic mass is 10.0. The zero-order chi connectivity index (χ0) is 21.9. The molecule has 0 unspecified atom stereocenters. The summed E-state index contributed by atoms with van der Waals surface area (Å²) in [6.45, 7) is 4.25. The van der Waals surface area contributed by atoms with Crippen molar-refractivity contribution in [1.29, 1.82) is 0 Å². The second kappa shape index (κ2) is 11.8. The van der Waals surface area contributed by atoms with Crippen molar-refractivity contribution < 1.29 is 19.1 Å². The molecule has 0 fully saturated rings. The van der Waals surface area contributed by atoms with Crippen LogP contribution >= 0.6 is 0 Å². The Morgan fingerprint density at radius 3 is 2.03 bits per heavy atom. The summed E-state index contributed by atoms with van der Waals surface area (Å²) in [4.78, 5) is 47.0. The number of hydrogen-bond acceptors (Lipinski definition) is 7. The van der Waals surface area contributed by atoms with Gasteiger partial charge in [-0.2, -0.15) is 0 Å². The lowest BCUT2D eigenvalue weighted by molar-refractivity contribution is -0.146. The van der Waals surface area contributed by atoms with E-state index >= 15 is 0 Å². The number of carbonyl (C=O) groups excluding carboxylic acids is 3. The summed E-state index contributed by atoms with van der Waals surface area (Å²) in [5, 5.41) is 2.72. The fraction of sp³-hybridized carbons (Fsp3) is 0.409. The Labute approximate surface area is 176 Å². The number of Topliss-reactive ketones (excluding diaryl/α,β-unsaturated/α-hetero) is 1. The highest BCUT2D eigenvalue weighted by molar-refractivity contribution is 5.91. The third-order valence-electron chi connectivity index (χ3n) is 4.56. The van der Waals surface area contributed by atoms with Gasteiger partial charge < -0.3 is 10.1 Å². The van der Waals surface area contributed by atoms with Crippen molar-refractivity contribution in [1.82, 2.24) is 20.2 Å². The van der Waals surface area contributed by atoms with Crippen LogP contribution in [0.1, 0.15) is 31.7 Å². The van der Waals surface area contributed by atoms with Gasteiger partial charge in [0.25, 0.3) is 0 Å². The molecule has 0 radical (unpaired) electrons. The average Bonchev–Trinajstić information content (AvgIpc) is 2.74. The molecular weight excluding hydrogens is 384 g/mol. The van der Waals surface area contributed by atoms with E-state index in [-0.39, 0.29) is 24.7 Å². The van der Waals surface area contributed by atoms with Crippen molar-refractivity contribution in [3.63, 3.8) is 0 Å². The summed E-state index contributed by atoms with van der Waals surface area (Å²) in [7, 11) is 1.28. The van der Waals surface area contributed by atoms with E-state index in [1.807, 2.05) is 41.3 Å². The molecule has 0 aliphatic carbocycles. The lowest BCUT2D eigenvalue weighted by Gasteiger charge is -2.22. The van der Waals surface area contributed by atoms with E-state index in [4.69, 9.17) is 0 Å². The molecule has 1 N–H and O–H groups in total. The third kappa shape index (κ3) is 7.71. The monoisotopic (exact) mass is 412 g/mol. The van der Waals surface area contributed by atoms with E-state index < -0.39 is 17.9 Å². The number of pyridine rings is 2. The predicted octanol–water partition coefficient (Wildman–Crippen LogP) is 1.75. The number of carbonyl (C=O) groups is 3. The Balaban J connectivity index is 1.97. The summed E-state index contributed by atoms with van der Waals surface area (Å²) < 4.78 is 4.64. The molecule has 2 aromatic heterocycles. The number of amides is 1. The van der Waals surface area contributed by atoms with Gasteiger partial charge in [-0.3, -0.25) is 29.3 Å². The molecule has 0 aliphatic rings. The Morgan fingerprint density at radius 2 is 1.57 bits per heavy atom. The molecule has 2 atom stereocenters. The van der Waals surface area contributed by atoms with Gasteiger partial charge in [0.15, 0.2) is 5.78 Å². The van der Waals surface area contributed by atoms with Gasteiger partial charge >= 0.3 is 5.97 Å². The molecule has 0 saturated carbocycles. The van der Waals surface area contributed by atoms with Crippen molar-refractivity contribution in [3.8, 4) is 0 Å². The minimum absolute atomic E-state index is 0.0136.